The van der Waals surface area contributed by atoms with Crippen LogP contribution in [0.1, 0.15) is 50.3 Å². The van der Waals surface area contributed by atoms with Gasteiger partial charge in [0, 0.05) is 18.6 Å². The highest BCUT2D eigenvalue weighted by molar-refractivity contribution is 5.24. The van der Waals surface area contributed by atoms with Crippen LogP contribution in [0.2, 0.25) is 0 Å². The van der Waals surface area contributed by atoms with Crippen molar-refractivity contribution in [1.29, 1.82) is 0 Å². The first-order chi connectivity index (χ1) is 9.24. The van der Waals surface area contributed by atoms with Crippen LogP contribution in [-0.4, -0.2) is 30.6 Å². The van der Waals surface area contributed by atoms with E-state index < -0.39 is 0 Å². The molecule has 1 aliphatic rings. The Morgan fingerprint density at radius 3 is 2.63 bits per heavy atom. The standard InChI is InChI=1S/C17H28N2/c1-4-17(15-10-8-14(3)9-11-15)18-13-16-7-6-12-19(16)5-2/h8-11,16-18H,4-7,12-13H2,1-3H3. The highest BCUT2D eigenvalue weighted by Crippen LogP contribution is 2.20. The molecule has 106 valence electrons. The maximum absolute atomic E-state index is 3.77. The number of benzene rings is 1. The lowest BCUT2D eigenvalue weighted by Gasteiger charge is -2.26. The van der Waals surface area contributed by atoms with E-state index in [9.17, 15) is 0 Å². The van der Waals surface area contributed by atoms with E-state index in [4.69, 9.17) is 0 Å². The summed E-state index contributed by atoms with van der Waals surface area (Å²) in [5.74, 6) is 0. The Balaban J connectivity index is 1.90. The summed E-state index contributed by atoms with van der Waals surface area (Å²) in [7, 11) is 0. The fraction of sp³-hybridized carbons (Fsp3) is 0.647. The van der Waals surface area contributed by atoms with E-state index in [1.165, 1.54) is 37.1 Å². The van der Waals surface area contributed by atoms with Gasteiger partial charge in [0.1, 0.15) is 0 Å². The van der Waals surface area contributed by atoms with Crippen molar-refractivity contribution in [3.63, 3.8) is 0 Å². The Bertz CT molecular complexity index is 371. The molecule has 1 N–H and O–H groups in total. The number of nitrogens with one attached hydrogen (secondary N) is 1. The van der Waals surface area contributed by atoms with Crippen LogP contribution >= 0.6 is 0 Å². The predicted octanol–water partition coefficient (Wildman–Crippen LogP) is 3.52. The molecule has 0 aromatic heterocycles. The van der Waals surface area contributed by atoms with Gasteiger partial charge >= 0.3 is 0 Å². The fourth-order valence-corrected chi connectivity index (χ4v) is 3.12. The first kappa shape index (κ1) is 14.5. The molecule has 2 atom stereocenters. The van der Waals surface area contributed by atoms with Gasteiger partial charge in [-0.25, -0.2) is 0 Å². The zero-order valence-corrected chi connectivity index (χ0v) is 12.7. The molecule has 1 aliphatic heterocycles. The zero-order valence-electron chi connectivity index (χ0n) is 12.7. The number of hydrogen-bond donors (Lipinski definition) is 1. The largest absolute Gasteiger partial charge is 0.308 e. The second-order valence-corrected chi connectivity index (χ2v) is 5.70. The molecule has 0 radical (unpaired) electrons. The number of likely N-dealkylation sites (N-methyl/N-ethyl adjacent to an activating group) is 1. The van der Waals surface area contributed by atoms with Crippen LogP contribution in [-0.2, 0) is 0 Å². The molecule has 0 saturated carbocycles. The number of nitrogens with zero attached hydrogens (tertiary/aromatic N) is 1. The van der Waals surface area contributed by atoms with Crippen molar-refractivity contribution in [2.24, 2.45) is 0 Å². The Labute approximate surface area is 118 Å². The number of aryl methyl sites for hydroxylation is 1. The van der Waals surface area contributed by atoms with Crippen molar-refractivity contribution in [2.45, 2.75) is 52.1 Å². The van der Waals surface area contributed by atoms with Crippen LogP contribution < -0.4 is 5.32 Å². The van der Waals surface area contributed by atoms with Gasteiger partial charge in [0.05, 0.1) is 0 Å². The smallest absolute Gasteiger partial charge is 0.0318 e. The Hall–Kier alpha value is -0.860. The van der Waals surface area contributed by atoms with Crippen LogP contribution in [0, 0.1) is 6.92 Å². The van der Waals surface area contributed by atoms with Gasteiger partial charge in [0.2, 0.25) is 0 Å². The second kappa shape index (κ2) is 7.06. The predicted molar refractivity (Wildman–Crippen MR) is 82.5 cm³/mol. The Morgan fingerprint density at radius 1 is 1.26 bits per heavy atom. The molecule has 2 rings (SSSR count). The Kier molecular flexibility index (Phi) is 5.41. The third-order valence-electron chi connectivity index (χ3n) is 4.39. The molecule has 1 saturated heterocycles. The van der Waals surface area contributed by atoms with Crippen LogP contribution in [0.15, 0.2) is 24.3 Å². The van der Waals surface area contributed by atoms with Crippen molar-refractivity contribution in [3.8, 4) is 0 Å². The second-order valence-electron chi connectivity index (χ2n) is 5.70. The van der Waals surface area contributed by atoms with Gasteiger partial charge in [-0.3, -0.25) is 4.90 Å². The fourth-order valence-electron chi connectivity index (χ4n) is 3.12. The van der Waals surface area contributed by atoms with E-state index in [0.717, 1.165) is 19.0 Å². The molecular weight excluding hydrogens is 232 g/mol. The van der Waals surface area contributed by atoms with Gasteiger partial charge in [-0.15, -0.1) is 0 Å². The molecule has 1 aromatic carbocycles. The molecule has 0 spiro atoms. The monoisotopic (exact) mass is 260 g/mol. The zero-order chi connectivity index (χ0) is 13.7. The molecule has 1 heterocycles. The SMILES string of the molecule is CCC(NCC1CCCN1CC)c1ccc(C)cc1. The van der Waals surface area contributed by atoms with E-state index in [-0.39, 0.29) is 0 Å². The van der Waals surface area contributed by atoms with Crippen LogP contribution in [0.25, 0.3) is 0 Å². The van der Waals surface area contributed by atoms with E-state index >= 15 is 0 Å². The van der Waals surface area contributed by atoms with E-state index in [1.54, 1.807) is 0 Å². The third-order valence-corrected chi connectivity index (χ3v) is 4.39. The molecule has 2 heteroatoms. The molecule has 0 amide bonds. The van der Waals surface area contributed by atoms with E-state index in [1.807, 2.05) is 0 Å². The summed E-state index contributed by atoms with van der Waals surface area (Å²) in [5.41, 5.74) is 2.76. The minimum atomic E-state index is 0.500. The van der Waals surface area contributed by atoms with Gasteiger partial charge < -0.3 is 5.32 Å². The molecule has 2 nitrogen and oxygen atoms in total. The van der Waals surface area contributed by atoms with E-state index in [0.29, 0.717) is 6.04 Å². The molecule has 2 unspecified atom stereocenters. The summed E-state index contributed by atoms with van der Waals surface area (Å²) in [5, 5.41) is 3.77. The lowest BCUT2D eigenvalue weighted by molar-refractivity contribution is 0.253. The van der Waals surface area contributed by atoms with Crippen LogP contribution in [0.5, 0.6) is 0 Å². The van der Waals surface area contributed by atoms with Crippen molar-refractivity contribution in [2.75, 3.05) is 19.6 Å². The molecule has 0 aliphatic carbocycles. The minimum absolute atomic E-state index is 0.500. The number of rotatable bonds is 6. The topological polar surface area (TPSA) is 15.3 Å². The van der Waals surface area contributed by atoms with Crippen molar-refractivity contribution in [1.82, 2.24) is 10.2 Å². The van der Waals surface area contributed by atoms with Gasteiger partial charge in [0.15, 0.2) is 0 Å². The molecule has 19 heavy (non-hydrogen) atoms. The first-order valence-electron chi connectivity index (χ1n) is 7.78. The molecule has 1 fully saturated rings. The van der Waals surface area contributed by atoms with Gasteiger partial charge in [0.25, 0.3) is 0 Å². The van der Waals surface area contributed by atoms with Crippen LogP contribution in [0.3, 0.4) is 0 Å². The highest BCUT2D eigenvalue weighted by Gasteiger charge is 2.23. The maximum atomic E-state index is 3.77. The Morgan fingerprint density at radius 2 is 2.00 bits per heavy atom. The third kappa shape index (κ3) is 3.80. The van der Waals surface area contributed by atoms with Crippen LogP contribution in [0.4, 0.5) is 0 Å². The lowest BCUT2D eigenvalue weighted by Crippen LogP contribution is -2.39. The summed E-state index contributed by atoms with van der Waals surface area (Å²) in [6.07, 6.45) is 3.87. The summed E-state index contributed by atoms with van der Waals surface area (Å²) < 4.78 is 0. The molecule has 1 aromatic rings. The van der Waals surface area contributed by atoms with Crippen molar-refractivity contribution in [3.05, 3.63) is 35.4 Å². The quantitative estimate of drug-likeness (QED) is 0.842. The highest BCUT2D eigenvalue weighted by atomic mass is 15.2. The molecular formula is C17H28N2. The van der Waals surface area contributed by atoms with Crippen molar-refractivity contribution < 1.29 is 0 Å². The molecule has 0 bridgehead atoms. The summed E-state index contributed by atoms with van der Waals surface area (Å²) in [6.45, 7) is 10.3. The maximum Gasteiger partial charge on any atom is 0.0318 e. The number of hydrogen-bond acceptors (Lipinski definition) is 2. The van der Waals surface area contributed by atoms with E-state index in [2.05, 4.69) is 55.3 Å². The lowest BCUT2D eigenvalue weighted by atomic mass is 10.0. The normalized spacial score (nSPS) is 21.7. The average Bonchev–Trinajstić information content (AvgIpc) is 2.89. The summed E-state index contributed by atoms with van der Waals surface area (Å²) in [6, 6.07) is 10.2. The first-order valence-corrected chi connectivity index (χ1v) is 7.78. The minimum Gasteiger partial charge on any atom is -0.308 e. The average molecular weight is 260 g/mol. The summed E-state index contributed by atoms with van der Waals surface area (Å²) in [4.78, 5) is 2.61. The van der Waals surface area contributed by atoms with Crippen molar-refractivity contribution >= 4 is 0 Å². The summed E-state index contributed by atoms with van der Waals surface area (Å²) >= 11 is 0. The van der Waals surface area contributed by atoms with Gasteiger partial charge in [-0.05, 0) is 44.8 Å². The van der Waals surface area contributed by atoms with Gasteiger partial charge in [-0.2, -0.15) is 0 Å². The number of likely N-dealkylation sites (tertiary alicyclic amines) is 1. The van der Waals surface area contributed by atoms with Gasteiger partial charge in [-0.1, -0.05) is 43.7 Å².